The van der Waals surface area contributed by atoms with E-state index >= 15 is 0 Å². The summed E-state index contributed by atoms with van der Waals surface area (Å²) >= 11 is 0. The Labute approximate surface area is 88.1 Å². The van der Waals surface area contributed by atoms with Crippen molar-refractivity contribution in [1.82, 2.24) is 9.97 Å². The molecule has 0 aliphatic heterocycles. The molecule has 1 amide bonds. The lowest BCUT2D eigenvalue weighted by Crippen LogP contribution is -2.24. The van der Waals surface area contributed by atoms with Gasteiger partial charge in [0.05, 0.1) is 6.61 Å². The van der Waals surface area contributed by atoms with E-state index in [0.29, 0.717) is 19.0 Å². The second kappa shape index (κ2) is 5.26. The van der Waals surface area contributed by atoms with Gasteiger partial charge in [0.15, 0.2) is 0 Å². The molecule has 0 atom stereocenters. The first-order chi connectivity index (χ1) is 7.15. The van der Waals surface area contributed by atoms with Gasteiger partial charge in [0.2, 0.25) is 5.82 Å². The zero-order valence-electron chi connectivity index (χ0n) is 8.80. The molecule has 0 saturated carbocycles. The van der Waals surface area contributed by atoms with Crippen molar-refractivity contribution in [3.63, 3.8) is 0 Å². The predicted octanol–water partition coefficient (Wildman–Crippen LogP) is -0.342. The number of methoxy groups -OCH3 is 1. The highest BCUT2D eigenvalue weighted by Crippen LogP contribution is 2.06. The zero-order chi connectivity index (χ0) is 11.3. The average molecular weight is 210 g/mol. The number of primary amides is 1. The number of nitrogens with zero attached hydrogens (tertiary/aromatic N) is 3. The van der Waals surface area contributed by atoms with Gasteiger partial charge in [-0.1, -0.05) is 0 Å². The van der Waals surface area contributed by atoms with Crippen molar-refractivity contribution < 1.29 is 9.53 Å². The number of rotatable bonds is 5. The molecule has 0 spiro atoms. The fourth-order valence-electron chi connectivity index (χ4n) is 1.02. The van der Waals surface area contributed by atoms with Gasteiger partial charge >= 0.3 is 0 Å². The summed E-state index contributed by atoms with van der Waals surface area (Å²) in [6.07, 6.45) is 1.51. The van der Waals surface area contributed by atoms with E-state index in [4.69, 9.17) is 10.5 Å². The van der Waals surface area contributed by atoms with Gasteiger partial charge in [-0.2, -0.15) is 0 Å². The fourth-order valence-corrected chi connectivity index (χ4v) is 1.02. The number of carbonyl (C=O) groups excluding carboxylic acids is 1. The number of ether oxygens (including phenoxy) is 1. The topological polar surface area (TPSA) is 81.3 Å². The van der Waals surface area contributed by atoms with Crippen LogP contribution in [0.15, 0.2) is 12.3 Å². The summed E-state index contributed by atoms with van der Waals surface area (Å²) < 4.78 is 4.93. The highest BCUT2D eigenvalue weighted by molar-refractivity contribution is 5.89. The molecule has 82 valence electrons. The van der Waals surface area contributed by atoms with Crippen LogP contribution in [-0.2, 0) is 4.74 Å². The quantitative estimate of drug-likeness (QED) is 0.719. The minimum absolute atomic E-state index is 0.0248. The molecule has 1 aromatic rings. The number of aromatic nitrogens is 2. The van der Waals surface area contributed by atoms with Crippen molar-refractivity contribution in [3.05, 3.63) is 18.1 Å². The van der Waals surface area contributed by atoms with Gasteiger partial charge in [-0.3, -0.25) is 4.79 Å². The number of carbonyl (C=O) groups is 1. The van der Waals surface area contributed by atoms with Crippen molar-refractivity contribution >= 4 is 11.7 Å². The van der Waals surface area contributed by atoms with E-state index in [1.807, 2.05) is 11.9 Å². The first-order valence-corrected chi connectivity index (χ1v) is 4.48. The Kier molecular flexibility index (Phi) is 3.99. The molecule has 0 aliphatic carbocycles. The molecule has 0 aromatic carbocycles. The highest BCUT2D eigenvalue weighted by atomic mass is 16.5. The summed E-state index contributed by atoms with van der Waals surface area (Å²) in [6.45, 7) is 1.28. The maximum Gasteiger partial charge on any atom is 0.286 e. The van der Waals surface area contributed by atoms with E-state index in [2.05, 4.69) is 9.97 Å². The standard InChI is InChI=1S/C9H14N4O2/c1-13(5-6-15-2)7-3-4-11-9(12-7)8(10)14/h3-4H,5-6H2,1-2H3,(H2,10,14). The Hall–Kier alpha value is -1.69. The van der Waals surface area contributed by atoms with Crippen molar-refractivity contribution in [2.24, 2.45) is 5.73 Å². The largest absolute Gasteiger partial charge is 0.383 e. The van der Waals surface area contributed by atoms with Crippen LogP contribution in [-0.4, -0.2) is 43.2 Å². The summed E-state index contributed by atoms with van der Waals surface area (Å²) in [4.78, 5) is 20.5. The Morgan fingerprint density at radius 3 is 3.00 bits per heavy atom. The highest BCUT2D eigenvalue weighted by Gasteiger charge is 2.07. The average Bonchev–Trinajstić information content (AvgIpc) is 2.26. The molecule has 1 heterocycles. The van der Waals surface area contributed by atoms with Crippen LogP contribution in [0.1, 0.15) is 10.6 Å². The second-order valence-electron chi connectivity index (χ2n) is 3.02. The molecule has 1 aromatic heterocycles. The summed E-state index contributed by atoms with van der Waals surface area (Å²) in [5.74, 6) is 0.0459. The summed E-state index contributed by atoms with van der Waals surface area (Å²) in [6, 6.07) is 1.71. The van der Waals surface area contributed by atoms with E-state index in [1.54, 1.807) is 13.2 Å². The Bertz CT molecular complexity index is 343. The van der Waals surface area contributed by atoms with Crippen LogP contribution >= 0.6 is 0 Å². The molecule has 0 saturated heterocycles. The Balaban J connectivity index is 2.76. The number of hydrogen-bond acceptors (Lipinski definition) is 5. The number of hydrogen-bond donors (Lipinski definition) is 1. The van der Waals surface area contributed by atoms with Gasteiger partial charge in [-0.15, -0.1) is 0 Å². The van der Waals surface area contributed by atoms with Crippen LogP contribution < -0.4 is 10.6 Å². The summed E-state index contributed by atoms with van der Waals surface area (Å²) in [5, 5.41) is 0. The van der Waals surface area contributed by atoms with Crippen LogP contribution in [0.5, 0.6) is 0 Å². The fraction of sp³-hybridized carbons (Fsp3) is 0.444. The molecule has 0 unspecified atom stereocenters. The molecule has 6 heteroatoms. The minimum atomic E-state index is -0.628. The van der Waals surface area contributed by atoms with Gasteiger partial charge in [-0.25, -0.2) is 9.97 Å². The van der Waals surface area contributed by atoms with Gasteiger partial charge in [-0.05, 0) is 6.07 Å². The van der Waals surface area contributed by atoms with Gasteiger partial charge in [0.1, 0.15) is 5.82 Å². The lowest BCUT2D eigenvalue weighted by molar-refractivity contribution is 0.0990. The molecule has 1 rings (SSSR count). The van der Waals surface area contributed by atoms with E-state index in [9.17, 15) is 4.79 Å². The van der Waals surface area contributed by atoms with Crippen LogP contribution in [0.4, 0.5) is 5.82 Å². The van der Waals surface area contributed by atoms with Crippen LogP contribution in [0.2, 0.25) is 0 Å². The molecule has 0 fully saturated rings. The maximum atomic E-state index is 10.8. The maximum absolute atomic E-state index is 10.8. The van der Waals surface area contributed by atoms with Gasteiger partial charge in [0.25, 0.3) is 5.91 Å². The second-order valence-corrected chi connectivity index (χ2v) is 3.02. The van der Waals surface area contributed by atoms with Crippen LogP contribution in [0.25, 0.3) is 0 Å². The number of amides is 1. The lowest BCUT2D eigenvalue weighted by atomic mass is 10.4. The number of anilines is 1. The molecule has 6 nitrogen and oxygen atoms in total. The third kappa shape index (κ3) is 3.17. The molecule has 15 heavy (non-hydrogen) atoms. The summed E-state index contributed by atoms with van der Waals surface area (Å²) in [7, 11) is 3.48. The first kappa shape index (κ1) is 11.4. The van der Waals surface area contributed by atoms with Crippen LogP contribution in [0, 0.1) is 0 Å². The van der Waals surface area contributed by atoms with E-state index in [-0.39, 0.29) is 5.82 Å². The van der Waals surface area contributed by atoms with E-state index in [0.717, 1.165) is 0 Å². The summed E-state index contributed by atoms with van der Waals surface area (Å²) in [5.41, 5.74) is 5.08. The van der Waals surface area contributed by atoms with Crippen LogP contribution in [0.3, 0.4) is 0 Å². The third-order valence-corrected chi connectivity index (χ3v) is 1.88. The monoisotopic (exact) mass is 210 g/mol. The van der Waals surface area contributed by atoms with Gasteiger partial charge in [0, 0.05) is 26.9 Å². The van der Waals surface area contributed by atoms with Gasteiger partial charge < -0.3 is 15.4 Å². The minimum Gasteiger partial charge on any atom is -0.383 e. The molecule has 0 aliphatic rings. The van der Waals surface area contributed by atoms with Crippen molar-refractivity contribution in [2.45, 2.75) is 0 Å². The molecule has 0 radical (unpaired) electrons. The third-order valence-electron chi connectivity index (χ3n) is 1.88. The first-order valence-electron chi connectivity index (χ1n) is 4.48. The van der Waals surface area contributed by atoms with E-state index in [1.165, 1.54) is 6.20 Å². The van der Waals surface area contributed by atoms with Crippen molar-refractivity contribution in [1.29, 1.82) is 0 Å². The lowest BCUT2D eigenvalue weighted by Gasteiger charge is -2.17. The molecular weight excluding hydrogens is 196 g/mol. The predicted molar refractivity (Wildman–Crippen MR) is 55.7 cm³/mol. The Morgan fingerprint density at radius 1 is 1.67 bits per heavy atom. The van der Waals surface area contributed by atoms with E-state index < -0.39 is 5.91 Å². The smallest absolute Gasteiger partial charge is 0.286 e. The number of nitrogens with two attached hydrogens (primary N) is 1. The molecular formula is C9H14N4O2. The van der Waals surface area contributed by atoms with Crippen molar-refractivity contribution in [2.75, 3.05) is 32.2 Å². The number of likely N-dealkylation sites (N-methyl/N-ethyl adjacent to an activating group) is 1. The normalized spacial score (nSPS) is 10.0. The van der Waals surface area contributed by atoms with Crippen molar-refractivity contribution in [3.8, 4) is 0 Å². The SMILES string of the molecule is COCCN(C)c1ccnc(C(N)=O)n1. The Morgan fingerprint density at radius 2 is 2.40 bits per heavy atom. The molecule has 0 bridgehead atoms. The molecule has 2 N–H and O–H groups in total. The zero-order valence-corrected chi connectivity index (χ0v) is 8.80.